The molecule has 0 aliphatic heterocycles. The minimum absolute atomic E-state index is 0.0376. The minimum Gasteiger partial charge on any atom is -0.292 e. The summed E-state index contributed by atoms with van der Waals surface area (Å²) in [6.07, 6.45) is 0. The highest BCUT2D eigenvalue weighted by molar-refractivity contribution is 8.00. The van der Waals surface area contributed by atoms with Crippen molar-refractivity contribution in [3.63, 3.8) is 0 Å². The van der Waals surface area contributed by atoms with E-state index < -0.39 is 22.6 Å². The highest BCUT2D eigenvalue weighted by Gasteiger charge is 2.32. The summed E-state index contributed by atoms with van der Waals surface area (Å²) in [6, 6.07) is 0. The van der Waals surface area contributed by atoms with E-state index in [1.54, 1.807) is 27.7 Å². The second kappa shape index (κ2) is 9.11. The largest absolute Gasteiger partial charge is 0.292 e. The Hall–Kier alpha value is 1.28. The molecule has 10 heteroatoms. The first-order chi connectivity index (χ1) is 9.64. The van der Waals surface area contributed by atoms with E-state index >= 15 is 0 Å². The van der Waals surface area contributed by atoms with Crippen molar-refractivity contribution in [2.24, 2.45) is 0 Å². The minimum atomic E-state index is -2.01. The molecular formula is C12H12Cl6O2S2. The Morgan fingerprint density at radius 3 is 1.95 bits per heavy atom. The van der Waals surface area contributed by atoms with Crippen LogP contribution in [-0.4, -0.2) is 16.1 Å². The first-order valence-electron chi connectivity index (χ1n) is 5.53. The summed E-state index contributed by atoms with van der Waals surface area (Å²) in [5, 5.41) is 0. The van der Waals surface area contributed by atoms with Crippen LogP contribution in [0.4, 0.5) is 0 Å². The van der Waals surface area contributed by atoms with E-state index in [1.165, 1.54) is 0 Å². The van der Waals surface area contributed by atoms with Gasteiger partial charge >= 0.3 is 0 Å². The van der Waals surface area contributed by atoms with E-state index in [2.05, 4.69) is 17.6 Å². The van der Waals surface area contributed by atoms with Crippen LogP contribution < -0.4 is 0 Å². The molecule has 2 nitrogen and oxygen atoms in total. The normalized spacial score (nSPS) is 13.7. The molecule has 0 aliphatic carbocycles. The van der Waals surface area contributed by atoms with Crippen LogP contribution in [0.3, 0.4) is 0 Å². The van der Waals surface area contributed by atoms with Gasteiger partial charge in [0.1, 0.15) is 21.3 Å². The lowest BCUT2D eigenvalue weighted by molar-refractivity contribution is 0.211. The van der Waals surface area contributed by atoms with Crippen LogP contribution >= 0.6 is 81.6 Å². The van der Waals surface area contributed by atoms with Crippen molar-refractivity contribution in [1.29, 1.82) is 0 Å². The molecule has 0 fully saturated rings. The fourth-order valence-electron chi connectivity index (χ4n) is 0.846. The maximum absolute atomic E-state index is 12.1. The molecule has 0 rings (SSSR count). The molecule has 0 aliphatic rings. The van der Waals surface area contributed by atoms with E-state index in [4.69, 9.17) is 73.8 Å². The average Bonchev–Trinajstić information content (AvgIpc) is 2.29. The zero-order valence-corrected chi connectivity index (χ0v) is 18.1. The van der Waals surface area contributed by atoms with Gasteiger partial charge in [0, 0.05) is 0 Å². The Morgan fingerprint density at radius 1 is 1.09 bits per heavy atom. The molecule has 0 spiro atoms. The summed E-state index contributed by atoms with van der Waals surface area (Å²) >= 11 is 34.3. The topological polar surface area (TPSA) is 26.3 Å². The first kappa shape index (κ1) is 23.3. The summed E-state index contributed by atoms with van der Waals surface area (Å²) in [5.74, 6) is 5.39. The van der Waals surface area contributed by atoms with Gasteiger partial charge in [-0.15, -0.1) is 0 Å². The molecular weight excluding hydrogens is 453 g/mol. The zero-order valence-electron chi connectivity index (χ0n) is 11.9. The van der Waals surface area contributed by atoms with Crippen LogP contribution in [0.15, 0.2) is 16.2 Å². The zero-order chi connectivity index (χ0) is 17.8. The van der Waals surface area contributed by atoms with Crippen molar-refractivity contribution in [1.82, 2.24) is 0 Å². The molecule has 0 N–H and O–H groups in total. The monoisotopic (exact) mass is 462 g/mol. The number of hydrogen-bond donors (Lipinski definition) is 0. The van der Waals surface area contributed by atoms with Crippen LogP contribution in [-0.2, 0) is 15.0 Å². The molecule has 0 amide bonds. The lowest BCUT2D eigenvalue weighted by Crippen LogP contribution is -2.20. The molecule has 0 aromatic carbocycles. The van der Waals surface area contributed by atoms with Gasteiger partial charge in [-0.1, -0.05) is 81.3 Å². The Morgan fingerprint density at radius 2 is 1.59 bits per heavy atom. The van der Waals surface area contributed by atoms with Gasteiger partial charge in [-0.05, 0) is 39.2 Å². The maximum Gasteiger partial charge on any atom is 0.271 e. The molecule has 0 saturated heterocycles. The van der Waals surface area contributed by atoms with E-state index in [1.807, 2.05) is 0 Å². The van der Waals surface area contributed by atoms with E-state index in [-0.39, 0.29) is 4.91 Å². The molecule has 22 heavy (non-hydrogen) atoms. The summed E-state index contributed by atoms with van der Waals surface area (Å²) < 4.78 is 13.8. The number of halogens is 6. The summed E-state index contributed by atoms with van der Waals surface area (Å²) in [7, 11) is -1.98. The van der Waals surface area contributed by atoms with Crippen molar-refractivity contribution in [2.45, 2.75) is 39.5 Å². The Kier molecular flexibility index (Phi) is 9.64. The molecule has 0 bridgehead atoms. The van der Waals surface area contributed by atoms with Crippen LogP contribution in [0.25, 0.3) is 0 Å². The molecule has 0 aromatic heterocycles. The standard InChI is InChI=1S/C12H12Cl6O2S2/c1-8(2)7-9(22(19)12(16,17)18)5-6-10(3,4)20-21-11(13,14)15/h1-4H3. The number of allylic oxidation sites excluding steroid dienone is 1. The molecule has 1 unspecified atom stereocenters. The second-order valence-corrected chi connectivity index (χ2v) is 13.0. The molecule has 0 radical (unpaired) electrons. The molecule has 126 valence electrons. The number of alkyl halides is 6. The Bertz CT molecular complexity index is 553. The van der Waals surface area contributed by atoms with Gasteiger partial charge in [0.05, 0.1) is 12.0 Å². The second-order valence-electron chi connectivity index (χ2n) is 4.54. The van der Waals surface area contributed by atoms with Crippen LogP contribution in [0.2, 0.25) is 0 Å². The fraction of sp³-hybridized carbons (Fsp3) is 0.583. The molecule has 1 atom stereocenters. The van der Waals surface area contributed by atoms with Gasteiger partial charge in [-0.25, -0.2) is 4.21 Å². The highest BCUT2D eigenvalue weighted by Crippen LogP contribution is 2.41. The fourth-order valence-corrected chi connectivity index (χ4v) is 2.84. The number of hydrogen-bond acceptors (Lipinski definition) is 3. The van der Waals surface area contributed by atoms with Gasteiger partial charge in [-0.3, -0.25) is 4.18 Å². The highest BCUT2D eigenvalue weighted by atomic mass is 35.6. The predicted molar refractivity (Wildman–Crippen MR) is 101 cm³/mol. The summed E-state index contributed by atoms with van der Waals surface area (Å²) in [4.78, 5) is 0.0376. The lowest BCUT2D eigenvalue weighted by atomic mass is 10.1. The van der Waals surface area contributed by atoms with Crippen LogP contribution in [0.5, 0.6) is 0 Å². The van der Waals surface area contributed by atoms with Gasteiger partial charge in [0.25, 0.3) is 6.25 Å². The predicted octanol–water partition coefficient (Wildman–Crippen LogP) is 6.29. The van der Waals surface area contributed by atoms with Gasteiger partial charge in [0.2, 0.25) is 0 Å². The third kappa shape index (κ3) is 10.9. The Balaban J connectivity index is 5.47. The SMILES string of the molecule is CC(C)=C=C(C#CC(C)(C)OSC(Cl)(Cl)Cl)S(=O)C(Cl)(Cl)Cl. The van der Waals surface area contributed by atoms with Gasteiger partial charge in [-0.2, -0.15) is 0 Å². The molecule has 0 heterocycles. The maximum atomic E-state index is 12.1. The summed E-state index contributed by atoms with van der Waals surface area (Å²) in [5.41, 5.74) is 2.52. The van der Waals surface area contributed by atoms with E-state index in [0.717, 1.165) is 5.57 Å². The lowest BCUT2D eigenvalue weighted by Gasteiger charge is -2.20. The van der Waals surface area contributed by atoms with Crippen molar-refractivity contribution in [2.75, 3.05) is 0 Å². The van der Waals surface area contributed by atoms with Crippen LogP contribution in [0, 0.1) is 11.8 Å². The molecule has 0 saturated carbocycles. The van der Waals surface area contributed by atoms with Crippen molar-refractivity contribution < 1.29 is 8.39 Å². The third-order valence-electron chi connectivity index (χ3n) is 1.58. The average molecular weight is 465 g/mol. The first-order valence-corrected chi connectivity index (χ1v) is 9.69. The molecule has 0 aromatic rings. The van der Waals surface area contributed by atoms with Crippen molar-refractivity contribution in [3.8, 4) is 11.8 Å². The summed E-state index contributed by atoms with van der Waals surface area (Å²) in [6.45, 7) is 6.78. The smallest absolute Gasteiger partial charge is 0.271 e. The van der Waals surface area contributed by atoms with E-state index in [0.29, 0.717) is 12.0 Å². The van der Waals surface area contributed by atoms with Crippen molar-refractivity contribution >= 4 is 92.4 Å². The number of rotatable bonds is 3. The Labute approximate surface area is 167 Å². The third-order valence-corrected chi connectivity index (χ3v) is 5.09. The van der Waals surface area contributed by atoms with Gasteiger partial charge < -0.3 is 0 Å². The van der Waals surface area contributed by atoms with Crippen molar-refractivity contribution in [3.05, 3.63) is 16.2 Å². The van der Waals surface area contributed by atoms with Crippen LogP contribution in [0.1, 0.15) is 27.7 Å². The quantitative estimate of drug-likeness (QED) is 0.212. The van der Waals surface area contributed by atoms with Gasteiger partial charge in [0.15, 0.2) is 0 Å². The van der Waals surface area contributed by atoms with E-state index in [9.17, 15) is 4.21 Å².